The highest BCUT2D eigenvalue weighted by atomic mass is 79.9. The lowest BCUT2D eigenvalue weighted by Crippen LogP contribution is -2.23. The lowest BCUT2D eigenvalue weighted by molar-refractivity contribution is 1.09. The molecule has 0 aliphatic heterocycles. The molecular weight excluding hydrogens is 386 g/mol. The number of hydrogen-bond donors (Lipinski definition) is 0. The maximum absolute atomic E-state index is 12.8. The van der Waals surface area contributed by atoms with Crippen LogP contribution in [0.2, 0.25) is 0 Å². The first-order valence-corrected chi connectivity index (χ1v) is 8.95. The fraction of sp³-hybridized carbons (Fsp3) is 0.0556. The van der Waals surface area contributed by atoms with Crippen molar-refractivity contribution in [3.05, 3.63) is 79.0 Å². The van der Waals surface area contributed by atoms with Crippen molar-refractivity contribution in [2.45, 2.75) is 6.92 Å². The first-order valence-electron chi connectivity index (χ1n) is 7.34. The number of hydrogen-bond acceptors (Lipinski definition) is 4. The molecule has 0 unspecified atom stereocenters. The fourth-order valence-electron chi connectivity index (χ4n) is 2.46. The van der Waals surface area contributed by atoms with E-state index < -0.39 is 0 Å². The van der Waals surface area contributed by atoms with E-state index in [1.54, 1.807) is 4.40 Å². The second kappa shape index (κ2) is 5.96. The van der Waals surface area contributed by atoms with Crippen LogP contribution in [0.3, 0.4) is 0 Å². The molecule has 0 amide bonds. The molecule has 6 heteroatoms. The average Bonchev–Trinajstić information content (AvgIpc) is 3.12. The molecule has 0 saturated carbocycles. The third-order valence-electron chi connectivity index (χ3n) is 3.73. The SMILES string of the molecule is Cc1ccc(-c2nnc3sc(=Cc4ccc(Br)cc4)c(=O)n23)cc1. The van der Waals surface area contributed by atoms with Gasteiger partial charge in [-0.2, -0.15) is 0 Å². The molecule has 4 nitrogen and oxygen atoms in total. The van der Waals surface area contributed by atoms with E-state index in [9.17, 15) is 4.79 Å². The summed E-state index contributed by atoms with van der Waals surface area (Å²) in [5.41, 5.74) is 2.94. The van der Waals surface area contributed by atoms with Gasteiger partial charge in [0.2, 0.25) is 4.96 Å². The van der Waals surface area contributed by atoms with Gasteiger partial charge < -0.3 is 0 Å². The largest absolute Gasteiger partial charge is 0.276 e. The molecule has 0 spiro atoms. The summed E-state index contributed by atoms with van der Waals surface area (Å²) in [7, 11) is 0. The van der Waals surface area contributed by atoms with E-state index >= 15 is 0 Å². The van der Waals surface area contributed by atoms with Gasteiger partial charge in [-0.3, -0.25) is 4.79 Å². The van der Waals surface area contributed by atoms with Gasteiger partial charge in [-0.25, -0.2) is 4.40 Å². The minimum Gasteiger partial charge on any atom is -0.267 e. The van der Waals surface area contributed by atoms with Crippen molar-refractivity contribution in [3.63, 3.8) is 0 Å². The Hall–Kier alpha value is -2.31. The van der Waals surface area contributed by atoms with Gasteiger partial charge in [-0.15, -0.1) is 10.2 Å². The maximum atomic E-state index is 12.8. The van der Waals surface area contributed by atoms with Gasteiger partial charge in [0.05, 0.1) is 4.53 Å². The quantitative estimate of drug-likeness (QED) is 0.520. The van der Waals surface area contributed by atoms with E-state index in [-0.39, 0.29) is 5.56 Å². The van der Waals surface area contributed by atoms with Crippen LogP contribution in [-0.4, -0.2) is 14.6 Å². The predicted molar refractivity (Wildman–Crippen MR) is 100 cm³/mol. The molecule has 0 aliphatic carbocycles. The average molecular weight is 398 g/mol. The molecule has 0 saturated heterocycles. The Balaban J connectivity index is 1.89. The molecule has 0 radical (unpaired) electrons. The number of rotatable bonds is 2. The van der Waals surface area contributed by atoms with Gasteiger partial charge in [0.1, 0.15) is 0 Å². The van der Waals surface area contributed by atoms with E-state index in [1.165, 1.54) is 11.3 Å². The summed E-state index contributed by atoms with van der Waals surface area (Å²) >= 11 is 4.76. The van der Waals surface area contributed by atoms with Gasteiger partial charge in [-0.1, -0.05) is 69.2 Å². The van der Waals surface area contributed by atoms with E-state index in [2.05, 4.69) is 26.1 Å². The van der Waals surface area contributed by atoms with Crippen molar-refractivity contribution in [1.82, 2.24) is 14.6 Å². The van der Waals surface area contributed by atoms with E-state index in [1.807, 2.05) is 61.5 Å². The number of aryl methyl sites for hydroxylation is 1. The van der Waals surface area contributed by atoms with E-state index in [0.29, 0.717) is 15.3 Å². The van der Waals surface area contributed by atoms with Crippen LogP contribution in [0.4, 0.5) is 0 Å². The number of thiazole rings is 1. The fourth-order valence-corrected chi connectivity index (χ4v) is 3.64. The standard InChI is InChI=1S/C18H12BrN3OS/c1-11-2-6-13(7-3-11)16-20-21-18-22(16)17(23)15(24-18)10-12-4-8-14(19)9-5-12/h2-10H,1H3. The second-order valence-electron chi connectivity index (χ2n) is 5.47. The molecule has 2 aromatic heterocycles. The Bertz CT molecular complexity index is 1130. The maximum Gasteiger partial charge on any atom is 0.276 e. The summed E-state index contributed by atoms with van der Waals surface area (Å²) in [4.78, 5) is 13.4. The molecule has 118 valence electrons. The van der Waals surface area contributed by atoms with Crippen molar-refractivity contribution < 1.29 is 0 Å². The minimum atomic E-state index is -0.0847. The highest BCUT2D eigenvalue weighted by Crippen LogP contribution is 2.18. The molecule has 0 bridgehead atoms. The van der Waals surface area contributed by atoms with Crippen LogP contribution < -0.4 is 10.1 Å². The van der Waals surface area contributed by atoms with Crippen molar-refractivity contribution in [2.75, 3.05) is 0 Å². The van der Waals surface area contributed by atoms with Crippen LogP contribution in [0.5, 0.6) is 0 Å². The number of benzene rings is 2. The van der Waals surface area contributed by atoms with Crippen LogP contribution in [0.25, 0.3) is 22.4 Å². The van der Waals surface area contributed by atoms with Crippen molar-refractivity contribution in [2.24, 2.45) is 0 Å². The highest BCUT2D eigenvalue weighted by molar-refractivity contribution is 9.10. The number of aromatic nitrogens is 3. The number of nitrogens with zero attached hydrogens (tertiary/aromatic N) is 3. The lowest BCUT2D eigenvalue weighted by atomic mass is 10.1. The molecule has 24 heavy (non-hydrogen) atoms. The predicted octanol–water partition coefficient (Wildman–Crippen LogP) is 3.44. The second-order valence-corrected chi connectivity index (χ2v) is 7.40. The first-order chi connectivity index (χ1) is 11.6. The molecule has 2 aromatic carbocycles. The zero-order valence-electron chi connectivity index (χ0n) is 12.7. The van der Waals surface area contributed by atoms with Gasteiger partial charge in [0, 0.05) is 10.0 Å². The summed E-state index contributed by atoms with van der Waals surface area (Å²) in [5.74, 6) is 0.585. The van der Waals surface area contributed by atoms with Crippen LogP contribution in [0, 0.1) is 6.92 Å². The Morgan fingerprint density at radius 1 is 1.04 bits per heavy atom. The Labute approximate surface area is 150 Å². The van der Waals surface area contributed by atoms with Crippen LogP contribution >= 0.6 is 27.3 Å². The number of fused-ring (bicyclic) bond motifs is 1. The Kier molecular flexibility index (Phi) is 3.78. The summed E-state index contributed by atoms with van der Waals surface area (Å²) < 4.78 is 3.24. The van der Waals surface area contributed by atoms with Crippen LogP contribution in [-0.2, 0) is 0 Å². The number of halogens is 1. The molecule has 0 atom stereocenters. The van der Waals surface area contributed by atoms with E-state index in [0.717, 1.165) is 21.2 Å². The van der Waals surface area contributed by atoms with Crippen molar-refractivity contribution in [3.8, 4) is 11.4 Å². The monoisotopic (exact) mass is 397 g/mol. The topological polar surface area (TPSA) is 47.3 Å². The Morgan fingerprint density at radius 2 is 1.75 bits per heavy atom. The van der Waals surface area contributed by atoms with Crippen LogP contribution in [0.15, 0.2) is 57.8 Å². The Morgan fingerprint density at radius 3 is 2.46 bits per heavy atom. The smallest absolute Gasteiger partial charge is 0.267 e. The molecular formula is C18H12BrN3OS. The summed E-state index contributed by atoms with van der Waals surface area (Å²) in [6.45, 7) is 2.03. The summed E-state index contributed by atoms with van der Waals surface area (Å²) in [6, 6.07) is 15.8. The van der Waals surface area contributed by atoms with Crippen molar-refractivity contribution in [1.29, 1.82) is 0 Å². The lowest BCUT2D eigenvalue weighted by Gasteiger charge is -1.97. The van der Waals surface area contributed by atoms with E-state index in [4.69, 9.17) is 0 Å². The molecule has 0 aliphatic rings. The third kappa shape index (κ3) is 2.68. The minimum absolute atomic E-state index is 0.0847. The normalized spacial score (nSPS) is 12.2. The summed E-state index contributed by atoms with van der Waals surface area (Å²) in [5, 5.41) is 8.34. The van der Waals surface area contributed by atoms with Gasteiger partial charge in [0.25, 0.3) is 5.56 Å². The van der Waals surface area contributed by atoms with Crippen molar-refractivity contribution >= 4 is 38.3 Å². The molecule has 0 fully saturated rings. The highest BCUT2D eigenvalue weighted by Gasteiger charge is 2.13. The van der Waals surface area contributed by atoms with Gasteiger partial charge in [0.15, 0.2) is 5.82 Å². The molecule has 4 aromatic rings. The third-order valence-corrected chi connectivity index (χ3v) is 5.21. The molecule has 0 N–H and O–H groups in total. The van der Waals surface area contributed by atoms with Gasteiger partial charge in [-0.05, 0) is 30.7 Å². The van der Waals surface area contributed by atoms with Crippen LogP contribution in [0.1, 0.15) is 11.1 Å². The molecule has 4 rings (SSSR count). The first kappa shape index (κ1) is 15.2. The zero-order chi connectivity index (χ0) is 16.7. The molecule has 2 heterocycles. The summed E-state index contributed by atoms with van der Waals surface area (Å²) in [6.07, 6.45) is 1.88. The van der Waals surface area contributed by atoms with Gasteiger partial charge >= 0.3 is 0 Å². The zero-order valence-corrected chi connectivity index (χ0v) is 15.1.